The van der Waals surface area contributed by atoms with Crippen LogP contribution in [0.15, 0.2) is 76.5 Å². The molecule has 0 spiro atoms. The smallest absolute Gasteiger partial charge is 0.261 e. The highest BCUT2D eigenvalue weighted by atomic mass is 32.2. The van der Waals surface area contributed by atoms with Gasteiger partial charge >= 0.3 is 0 Å². The largest absolute Gasteiger partial charge is 0.379 e. The summed E-state index contributed by atoms with van der Waals surface area (Å²) in [4.78, 5) is 0.149. The summed E-state index contributed by atoms with van der Waals surface area (Å²) in [5.41, 5.74) is 0.187. The molecule has 29 heavy (non-hydrogen) atoms. The van der Waals surface area contributed by atoms with Gasteiger partial charge in [0.25, 0.3) is 10.0 Å². The van der Waals surface area contributed by atoms with Crippen molar-refractivity contribution in [3.8, 4) is 0 Å². The molecule has 0 saturated carbocycles. The Morgan fingerprint density at radius 2 is 1.48 bits per heavy atom. The number of hydrogen-bond acceptors (Lipinski definition) is 5. The van der Waals surface area contributed by atoms with E-state index in [4.69, 9.17) is 4.74 Å². The number of nitrogens with one attached hydrogen (secondary N) is 1. The van der Waals surface area contributed by atoms with Crippen LogP contribution in [0.5, 0.6) is 0 Å². The standard InChI is InChI=1S/C20H20N2O5S2/c23-28(24,19-9-8-16-4-1-2-5-17(16)14-19)21-18-6-3-7-20(15-18)29(25,26)22-10-12-27-13-11-22/h1-9,14-15,21H,10-13H2. The monoisotopic (exact) mass is 432 g/mol. The van der Waals surface area contributed by atoms with E-state index in [0.29, 0.717) is 13.2 Å². The molecule has 1 aliphatic rings. The molecule has 4 rings (SSSR count). The van der Waals surface area contributed by atoms with E-state index in [1.807, 2.05) is 24.3 Å². The zero-order valence-corrected chi connectivity index (χ0v) is 17.1. The second-order valence-electron chi connectivity index (χ2n) is 6.66. The van der Waals surface area contributed by atoms with E-state index in [-0.39, 0.29) is 28.6 Å². The number of benzene rings is 3. The lowest BCUT2D eigenvalue weighted by molar-refractivity contribution is 0.0730. The first kappa shape index (κ1) is 19.8. The van der Waals surface area contributed by atoms with E-state index in [1.165, 1.54) is 34.6 Å². The molecule has 0 atom stereocenters. The fraction of sp³-hybridized carbons (Fsp3) is 0.200. The van der Waals surface area contributed by atoms with Gasteiger partial charge in [-0.05, 0) is 41.1 Å². The first-order valence-corrected chi connectivity index (χ1v) is 12.0. The average molecular weight is 433 g/mol. The fourth-order valence-corrected chi connectivity index (χ4v) is 5.74. The second-order valence-corrected chi connectivity index (χ2v) is 10.3. The van der Waals surface area contributed by atoms with Crippen LogP contribution in [0.1, 0.15) is 0 Å². The quantitative estimate of drug-likeness (QED) is 0.669. The van der Waals surface area contributed by atoms with Gasteiger partial charge in [0.05, 0.1) is 28.7 Å². The van der Waals surface area contributed by atoms with Gasteiger partial charge in [0.2, 0.25) is 10.0 Å². The third kappa shape index (κ3) is 4.13. The summed E-state index contributed by atoms with van der Waals surface area (Å²) < 4.78 is 60.3. The summed E-state index contributed by atoms with van der Waals surface area (Å²) in [5.74, 6) is 0. The van der Waals surface area contributed by atoms with Crippen molar-refractivity contribution in [2.75, 3.05) is 31.0 Å². The Morgan fingerprint density at radius 3 is 2.24 bits per heavy atom. The van der Waals surface area contributed by atoms with Gasteiger partial charge < -0.3 is 4.74 Å². The highest BCUT2D eigenvalue weighted by molar-refractivity contribution is 7.92. The molecule has 1 fully saturated rings. The summed E-state index contributed by atoms with van der Waals surface area (Å²) in [6, 6.07) is 18.2. The molecule has 3 aromatic rings. The van der Waals surface area contributed by atoms with Gasteiger partial charge in [-0.3, -0.25) is 4.72 Å². The van der Waals surface area contributed by atoms with Crippen molar-refractivity contribution in [1.82, 2.24) is 4.31 Å². The minimum absolute atomic E-state index is 0.0399. The molecule has 0 radical (unpaired) electrons. The lowest BCUT2D eigenvalue weighted by Gasteiger charge is -2.26. The van der Waals surface area contributed by atoms with Crippen molar-refractivity contribution in [2.24, 2.45) is 0 Å². The number of morpholine rings is 1. The summed E-state index contributed by atoms with van der Waals surface area (Å²) in [7, 11) is -7.59. The van der Waals surface area contributed by atoms with Crippen molar-refractivity contribution < 1.29 is 21.6 Å². The number of hydrogen-bond donors (Lipinski definition) is 1. The number of sulfonamides is 2. The summed E-state index contributed by atoms with van der Waals surface area (Å²) in [6.07, 6.45) is 0. The predicted octanol–water partition coefficient (Wildman–Crippen LogP) is 2.66. The Balaban J connectivity index is 1.62. The van der Waals surface area contributed by atoms with E-state index in [0.717, 1.165) is 10.8 Å². The first-order valence-electron chi connectivity index (χ1n) is 9.06. The minimum Gasteiger partial charge on any atom is -0.379 e. The van der Waals surface area contributed by atoms with E-state index >= 15 is 0 Å². The van der Waals surface area contributed by atoms with Crippen LogP contribution in [0.25, 0.3) is 10.8 Å². The molecular weight excluding hydrogens is 412 g/mol. The third-order valence-electron chi connectivity index (χ3n) is 4.73. The maximum atomic E-state index is 12.8. The van der Waals surface area contributed by atoms with Crippen molar-refractivity contribution in [3.63, 3.8) is 0 Å². The Labute approximate surface area is 170 Å². The summed E-state index contributed by atoms with van der Waals surface area (Å²) in [5, 5.41) is 1.74. The number of fused-ring (bicyclic) bond motifs is 1. The SMILES string of the molecule is O=S(=O)(Nc1cccc(S(=O)(=O)N2CCOCC2)c1)c1ccc2ccccc2c1. The minimum atomic E-state index is -3.87. The molecule has 0 aromatic heterocycles. The Hall–Kier alpha value is -2.46. The zero-order chi connectivity index (χ0) is 20.5. The first-order chi connectivity index (χ1) is 13.9. The molecule has 0 unspecified atom stereocenters. The Kier molecular flexibility index (Phi) is 5.30. The van der Waals surface area contributed by atoms with Gasteiger partial charge in [0.15, 0.2) is 0 Å². The van der Waals surface area contributed by atoms with Gasteiger partial charge in [-0.25, -0.2) is 16.8 Å². The number of rotatable bonds is 5. The fourth-order valence-electron chi connectivity index (χ4n) is 3.20. The molecule has 0 bridgehead atoms. The number of nitrogens with zero attached hydrogens (tertiary/aromatic N) is 1. The van der Waals surface area contributed by atoms with Crippen molar-refractivity contribution in [2.45, 2.75) is 9.79 Å². The average Bonchev–Trinajstić information content (AvgIpc) is 2.74. The molecule has 1 aliphatic heterocycles. The van der Waals surface area contributed by atoms with Crippen LogP contribution in [0.4, 0.5) is 5.69 Å². The van der Waals surface area contributed by atoms with Gasteiger partial charge in [-0.2, -0.15) is 4.31 Å². The third-order valence-corrected chi connectivity index (χ3v) is 8.00. The van der Waals surface area contributed by atoms with Crippen molar-refractivity contribution in [1.29, 1.82) is 0 Å². The van der Waals surface area contributed by atoms with Crippen LogP contribution in [-0.2, 0) is 24.8 Å². The normalized spacial score (nSPS) is 16.0. The van der Waals surface area contributed by atoms with Crippen LogP contribution in [0.2, 0.25) is 0 Å². The van der Waals surface area contributed by atoms with Crippen LogP contribution in [-0.4, -0.2) is 47.4 Å². The molecule has 7 nitrogen and oxygen atoms in total. The summed E-state index contributed by atoms with van der Waals surface area (Å²) >= 11 is 0. The molecule has 0 aliphatic carbocycles. The zero-order valence-electron chi connectivity index (χ0n) is 15.5. The summed E-state index contributed by atoms with van der Waals surface area (Å²) in [6.45, 7) is 1.23. The molecule has 0 amide bonds. The predicted molar refractivity (Wildman–Crippen MR) is 111 cm³/mol. The lowest BCUT2D eigenvalue weighted by atomic mass is 10.1. The van der Waals surface area contributed by atoms with E-state index in [9.17, 15) is 16.8 Å². The highest BCUT2D eigenvalue weighted by Crippen LogP contribution is 2.24. The van der Waals surface area contributed by atoms with E-state index in [1.54, 1.807) is 12.1 Å². The van der Waals surface area contributed by atoms with Crippen molar-refractivity contribution >= 4 is 36.5 Å². The van der Waals surface area contributed by atoms with Crippen LogP contribution >= 0.6 is 0 Å². The molecule has 152 valence electrons. The van der Waals surface area contributed by atoms with Gasteiger partial charge in [0, 0.05) is 13.1 Å². The highest BCUT2D eigenvalue weighted by Gasteiger charge is 2.26. The molecule has 1 saturated heterocycles. The number of ether oxygens (including phenoxy) is 1. The van der Waals surface area contributed by atoms with Crippen LogP contribution < -0.4 is 4.72 Å². The maximum absolute atomic E-state index is 12.8. The molecular formula is C20H20N2O5S2. The topological polar surface area (TPSA) is 92.8 Å². The van der Waals surface area contributed by atoms with Crippen LogP contribution in [0, 0.1) is 0 Å². The van der Waals surface area contributed by atoms with Crippen LogP contribution in [0.3, 0.4) is 0 Å². The van der Waals surface area contributed by atoms with Crippen molar-refractivity contribution in [3.05, 3.63) is 66.7 Å². The molecule has 3 aromatic carbocycles. The van der Waals surface area contributed by atoms with E-state index in [2.05, 4.69) is 4.72 Å². The van der Waals surface area contributed by atoms with Gasteiger partial charge in [-0.1, -0.05) is 36.4 Å². The Morgan fingerprint density at radius 1 is 0.759 bits per heavy atom. The molecule has 9 heteroatoms. The van der Waals surface area contributed by atoms with Gasteiger partial charge in [-0.15, -0.1) is 0 Å². The maximum Gasteiger partial charge on any atom is 0.261 e. The lowest BCUT2D eigenvalue weighted by Crippen LogP contribution is -2.40. The Bertz CT molecular complexity index is 1250. The number of anilines is 1. The second kappa shape index (κ2) is 7.75. The van der Waals surface area contributed by atoms with E-state index < -0.39 is 20.0 Å². The molecule has 1 N–H and O–H groups in total. The van der Waals surface area contributed by atoms with Gasteiger partial charge in [0.1, 0.15) is 0 Å². The molecule has 1 heterocycles.